The van der Waals surface area contributed by atoms with Crippen molar-refractivity contribution in [2.45, 2.75) is 9.65 Å². The van der Waals surface area contributed by atoms with E-state index in [1.165, 1.54) is 12.1 Å². The molecule has 0 heterocycles. The minimum atomic E-state index is -1.04. The van der Waals surface area contributed by atoms with Gasteiger partial charge in [0.25, 0.3) is 0 Å². The van der Waals surface area contributed by atoms with Crippen molar-refractivity contribution in [2.24, 2.45) is 0 Å². The standard InChI is InChI=1S/C15H12Br2N2O2/c16-14(10-4-2-1-3-5-10)15(17)13-7-6-12(19(20)21)8-11(13)9-18/h1-8,14-15,19-20H. The fourth-order valence-electron chi connectivity index (χ4n) is 1.99. The monoisotopic (exact) mass is 410 g/mol. The predicted octanol–water partition coefficient (Wildman–Crippen LogP) is 3.53. The van der Waals surface area contributed by atoms with E-state index in [1.807, 2.05) is 30.3 Å². The molecule has 4 nitrogen and oxygen atoms in total. The fraction of sp³-hybridized carbons (Fsp3) is 0.133. The summed E-state index contributed by atoms with van der Waals surface area (Å²) < 4.78 is 0. The molecule has 108 valence electrons. The fourth-order valence-corrected chi connectivity index (χ4v) is 3.28. The van der Waals surface area contributed by atoms with E-state index in [-0.39, 0.29) is 15.3 Å². The van der Waals surface area contributed by atoms with Crippen LogP contribution < -0.4 is 5.23 Å². The highest BCUT2D eigenvalue weighted by Crippen LogP contribution is 2.43. The Morgan fingerprint density at radius 1 is 1.10 bits per heavy atom. The van der Waals surface area contributed by atoms with Crippen molar-refractivity contribution in [1.29, 1.82) is 5.26 Å². The van der Waals surface area contributed by atoms with Gasteiger partial charge in [0, 0.05) is 12.1 Å². The predicted molar refractivity (Wildman–Crippen MR) is 86.7 cm³/mol. The van der Waals surface area contributed by atoms with Gasteiger partial charge in [0.1, 0.15) is 0 Å². The van der Waals surface area contributed by atoms with E-state index < -0.39 is 5.23 Å². The van der Waals surface area contributed by atoms with Gasteiger partial charge < -0.3 is 5.21 Å². The lowest BCUT2D eigenvalue weighted by molar-refractivity contribution is -0.991. The van der Waals surface area contributed by atoms with Crippen LogP contribution in [0.15, 0.2) is 48.5 Å². The van der Waals surface area contributed by atoms with E-state index in [0.717, 1.165) is 11.1 Å². The smallest absolute Gasteiger partial charge is 0.165 e. The maximum absolute atomic E-state index is 11.0. The molecule has 0 saturated heterocycles. The second-order valence-corrected chi connectivity index (χ2v) is 6.41. The summed E-state index contributed by atoms with van der Waals surface area (Å²) in [6.07, 6.45) is 0. The van der Waals surface area contributed by atoms with Crippen LogP contribution in [-0.4, -0.2) is 5.21 Å². The van der Waals surface area contributed by atoms with Crippen molar-refractivity contribution in [3.05, 3.63) is 70.4 Å². The summed E-state index contributed by atoms with van der Waals surface area (Å²) in [5, 5.41) is 28.2. The van der Waals surface area contributed by atoms with E-state index in [4.69, 9.17) is 5.21 Å². The summed E-state index contributed by atoms with van der Waals surface area (Å²) in [6.45, 7) is 0. The minimum absolute atomic E-state index is 0.0264. The molecule has 0 spiro atoms. The van der Waals surface area contributed by atoms with Crippen molar-refractivity contribution in [1.82, 2.24) is 0 Å². The Morgan fingerprint density at radius 3 is 2.33 bits per heavy atom. The molecule has 0 aliphatic rings. The molecule has 0 saturated carbocycles. The second kappa shape index (κ2) is 7.16. The van der Waals surface area contributed by atoms with E-state index in [9.17, 15) is 10.5 Å². The normalized spacial score (nSPS) is 15.0. The molecular weight excluding hydrogens is 400 g/mol. The first-order valence-electron chi connectivity index (χ1n) is 6.15. The Balaban J connectivity index is 2.35. The Bertz CT molecular complexity index is 656. The van der Waals surface area contributed by atoms with Gasteiger partial charge in [-0.15, -0.1) is 0 Å². The second-order valence-electron chi connectivity index (χ2n) is 4.43. The number of benzene rings is 2. The zero-order valence-corrected chi connectivity index (χ0v) is 14.0. The molecule has 0 aromatic heterocycles. The van der Waals surface area contributed by atoms with Gasteiger partial charge in [-0.3, -0.25) is 0 Å². The van der Waals surface area contributed by atoms with Crippen LogP contribution in [-0.2, 0) is 0 Å². The molecule has 3 unspecified atom stereocenters. The SMILES string of the molecule is N#Cc1cc([NH+]([O-])O)ccc1C(Br)C(Br)c1ccccc1. The highest BCUT2D eigenvalue weighted by molar-refractivity contribution is 9.12. The number of nitriles is 1. The summed E-state index contributed by atoms with van der Waals surface area (Å²) in [6, 6.07) is 16.5. The highest BCUT2D eigenvalue weighted by Gasteiger charge is 2.23. The van der Waals surface area contributed by atoms with Crippen LogP contribution >= 0.6 is 31.9 Å². The Kier molecular flexibility index (Phi) is 5.51. The Hall–Kier alpha value is -1.23. The maximum atomic E-state index is 11.0. The quantitative estimate of drug-likeness (QED) is 0.597. The number of hydrogen-bond acceptors (Lipinski definition) is 3. The number of halogens is 2. The van der Waals surface area contributed by atoms with Gasteiger partial charge >= 0.3 is 0 Å². The average Bonchev–Trinajstić information content (AvgIpc) is 2.53. The molecule has 2 aromatic rings. The van der Waals surface area contributed by atoms with Crippen molar-refractivity contribution < 1.29 is 10.4 Å². The number of nitrogens with one attached hydrogen (secondary N) is 1. The Labute approximate surface area is 139 Å². The molecule has 0 aliphatic heterocycles. The molecule has 0 radical (unpaired) electrons. The molecule has 2 N–H and O–H groups in total. The number of rotatable bonds is 4. The third-order valence-corrected chi connectivity index (χ3v) is 5.88. The van der Waals surface area contributed by atoms with Crippen LogP contribution in [0.1, 0.15) is 26.3 Å². The zero-order valence-electron chi connectivity index (χ0n) is 10.8. The first-order chi connectivity index (χ1) is 10.0. The van der Waals surface area contributed by atoms with E-state index in [1.54, 1.807) is 6.07 Å². The van der Waals surface area contributed by atoms with Gasteiger partial charge in [-0.2, -0.15) is 10.5 Å². The number of nitrogens with zero attached hydrogens (tertiary/aromatic N) is 1. The van der Waals surface area contributed by atoms with Crippen LogP contribution in [0, 0.1) is 16.5 Å². The van der Waals surface area contributed by atoms with E-state index >= 15 is 0 Å². The molecule has 0 aliphatic carbocycles. The third-order valence-electron chi connectivity index (χ3n) is 3.09. The molecule has 0 fully saturated rings. The van der Waals surface area contributed by atoms with Gasteiger partial charge in [-0.05, 0) is 11.1 Å². The highest BCUT2D eigenvalue weighted by atomic mass is 79.9. The summed E-state index contributed by atoms with van der Waals surface area (Å²) in [7, 11) is 0. The van der Waals surface area contributed by atoms with Gasteiger partial charge in [0.15, 0.2) is 5.69 Å². The Morgan fingerprint density at radius 2 is 1.76 bits per heavy atom. The number of alkyl halides is 2. The zero-order chi connectivity index (χ0) is 15.4. The summed E-state index contributed by atoms with van der Waals surface area (Å²) >= 11 is 7.22. The molecule has 0 amide bonds. The van der Waals surface area contributed by atoms with Crippen LogP contribution in [0.4, 0.5) is 5.69 Å². The lowest BCUT2D eigenvalue weighted by Gasteiger charge is -2.20. The molecule has 21 heavy (non-hydrogen) atoms. The topological polar surface area (TPSA) is 71.5 Å². The van der Waals surface area contributed by atoms with E-state index in [0.29, 0.717) is 5.56 Å². The molecule has 2 rings (SSSR count). The average molecular weight is 412 g/mol. The number of quaternary nitrogens is 1. The third kappa shape index (κ3) is 3.70. The lowest BCUT2D eigenvalue weighted by Crippen LogP contribution is -2.99. The largest absolute Gasteiger partial charge is 0.595 e. The first kappa shape index (κ1) is 16.1. The van der Waals surface area contributed by atoms with E-state index in [2.05, 4.69) is 37.9 Å². The van der Waals surface area contributed by atoms with Crippen molar-refractivity contribution in [3.63, 3.8) is 0 Å². The van der Waals surface area contributed by atoms with Crippen LogP contribution in [0.5, 0.6) is 0 Å². The molecule has 3 atom stereocenters. The molecular formula is C15H12Br2N2O2. The van der Waals surface area contributed by atoms with Gasteiger partial charge in [0.2, 0.25) is 0 Å². The van der Waals surface area contributed by atoms with Gasteiger partial charge in [0.05, 0.1) is 21.3 Å². The molecule has 0 bridgehead atoms. The number of hydrogen-bond donors (Lipinski definition) is 2. The molecule has 2 aromatic carbocycles. The minimum Gasteiger partial charge on any atom is -0.595 e. The van der Waals surface area contributed by atoms with Crippen molar-refractivity contribution in [3.8, 4) is 6.07 Å². The first-order valence-corrected chi connectivity index (χ1v) is 7.98. The van der Waals surface area contributed by atoms with Crippen LogP contribution in [0.2, 0.25) is 0 Å². The summed E-state index contributed by atoms with van der Waals surface area (Å²) in [5.41, 5.74) is 2.30. The van der Waals surface area contributed by atoms with Gasteiger partial charge in [-0.1, -0.05) is 68.3 Å². The maximum Gasteiger partial charge on any atom is 0.165 e. The van der Waals surface area contributed by atoms with Crippen molar-refractivity contribution >= 4 is 37.5 Å². The van der Waals surface area contributed by atoms with Crippen LogP contribution in [0.3, 0.4) is 0 Å². The summed E-state index contributed by atoms with van der Waals surface area (Å²) in [4.78, 5) is -0.168. The van der Waals surface area contributed by atoms with Crippen LogP contribution in [0.25, 0.3) is 0 Å². The summed E-state index contributed by atoms with van der Waals surface area (Å²) in [5.74, 6) is 0. The lowest BCUT2D eigenvalue weighted by atomic mass is 9.99. The van der Waals surface area contributed by atoms with Gasteiger partial charge in [-0.25, -0.2) is 5.21 Å². The molecule has 6 heteroatoms. The van der Waals surface area contributed by atoms with Crippen molar-refractivity contribution in [2.75, 3.05) is 0 Å².